The van der Waals surface area contributed by atoms with Crippen LogP contribution < -0.4 is 0 Å². The maximum Gasteiger partial charge on any atom is 0.309 e. The topological polar surface area (TPSA) is 37.3 Å². The first-order valence-electron chi connectivity index (χ1n) is 6.79. The Balaban J connectivity index is 4.67. The Morgan fingerprint density at radius 2 is 1.75 bits per heavy atom. The van der Waals surface area contributed by atoms with Gasteiger partial charge in [0.05, 0.1) is 5.41 Å². The Kier molecular flexibility index (Phi) is 7.44. The van der Waals surface area contributed by atoms with Gasteiger partial charge in [0.2, 0.25) is 0 Å². The number of hydrogen-bond donors (Lipinski definition) is 1. The highest BCUT2D eigenvalue weighted by molar-refractivity contribution is 5.74. The molecule has 0 fully saturated rings. The van der Waals surface area contributed by atoms with Crippen molar-refractivity contribution < 1.29 is 9.90 Å². The average molecular weight is 228 g/mol. The Morgan fingerprint density at radius 1 is 1.19 bits per heavy atom. The number of hydrogen-bond acceptors (Lipinski definition) is 1. The summed E-state index contributed by atoms with van der Waals surface area (Å²) in [5, 5.41) is 9.49. The second-order valence-electron chi connectivity index (χ2n) is 4.93. The van der Waals surface area contributed by atoms with Gasteiger partial charge in [0.25, 0.3) is 0 Å². The van der Waals surface area contributed by atoms with Crippen molar-refractivity contribution in [3.8, 4) is 0 Å². The molecule has 0 saturated heterocycles. The summed E-state index contributed by atoms with van der Waals surface area (Å²) in [4.78, 5) is 11.5. The van der Waals surface area contributed by atoms with Crippen LogP contribution in [0.15, 0.2) is 0 Å². The molecule has 2 nitrogen and oxygen atoms in total. The minimum absolute atomic E-state index is 0.466. The first-order chi connectivity index (χ1) is 7.56. The zero-order valence-corrected chi connectivity index (χ0v) is 11.4. The molecule has 0 aromatic rings. The van der Waals surface area contributed by atoms with E-state index >= 15 is 0 Å². The van der Waals surface area contributed by atoms with Crippen molar-refractivity contribution in [3.63, 3.8) is 0 Å². The van der Waals surface area contributed by atoms with E-state index in [4.69, 9.17) is 0 Å². The fourth-order valence-electron chi connectivity index (χ4n) is 2.41. The van der Waals surface area contributed by atoms with Crippen LogP contribution in [-0.4, -0.2) is 11.1 Å². The van der Waals surface area contributed by atoms with E-state index in [2.05, 4.69) is 20.8 Å². The highest BCUT2D eigenvalue weighted by atomic mass is 16.4. The number of carboxylic acid groups (broad SMARTS) is 1. The predicted molar refractivity (Wildman–Crippen MR) is 68.6 cm³/mol. The summed E-state index contributed by atoms with van der Waals surface area (Å²) in [6.07, 6.45) is 6.75. The molecule has 1 atom stereocenters. The van der Waals surface area contributed by atoms with Crippen molar-refractivity contribution in [1.82, 2.24) is 0 Å². The first-order valence-corrected chi connectivity index (χ1v) is 6.79. The minimum Gasteiger partial charge on any atom is -0.481 e. The van der Waals surface area contributed by atoms with Crippen LogP contribution in [0.2, 0.25) is 0 Å². The average Bonchev–Trinajstić information content (AvgIpc) is 2.30. The summed E-state index contributed by atoms with van der Waals surface area (Å²) in [6, 6.07) is 0. The fraction of sp³-hybridized carbons (Fsp3) is 0.929. The molecule has 0 heterocycles. The van der Waals surface area contributed by atoms with Gasteiger partial charge in [0.15, 0.2) is 0 Å². The number of carbonyl (C=O) groups is 1. The van der Waals surface area contributed by atoms with E-state index in [0.29, 0.717) is 5.92 Å². The quantitative estimate of drug-likeness (QED) is 0.631. The van der Waals surface area contributed by atoms with Gasteiger partial charge in [-0.05, 0) is 25.2 Å². The molecule has 1 N–H and O–H groups in total. The number of unbranched alkanes of at least 4 members (excludes halogenated alkanes) is 1. The molecular formula is C14H28O2. The van der Waals surface area contributed by atoms with E-state index in [0.717, 1.165) is 44.9 Å². The zero-order chi connectivity index (χ0) is 12.6. The molecule has 0 spiro atoms. The zero-order valence-electron chi connectivity index (χ0n) is 11.4. The molecule has 16 heavy (non-hydrogen) atoms. The lowest BCUT2D eigenvalue weighted by Crippen LogP contribution is -2.32. The van der Waals surface area contributed by atoms with Crippen molar-refractivity contribution in [2.24, 2.45) is 11.3 Å². The molecular weight excluding hydrogens is 200 g/mol. The molecule has 0 bridgehead atoms. The predicted octanol–water partition coefficient (Wildman–Crippen LogP) is 4.48. The molecule has 0 aromatic heterocycles. The third kappa shape index (κ3) is 4.15. The molecule has 0 amide bonds. The van der Waals surface area contributed by atoms with Crippen LogP contribution in [0.25, 0.3) is 0 Å². The smallest absolute Gasteiger partial charge is 0.309 e. The van der Waals surface area contributed by atoms with Crippen LogP contribution in [-0.2, 0) is 4.79 Å². The summed E-state index contributed by atoms with van der Waals surface area (Å²) in [5.41, 5.74) is -0.466. The Labute approximate surface area is 100 Å². The van der Waals surface area contributed by atoms with Gasteiger partial charge >= 0.3 is 5.97 Å². The van der Waals surface area contributed by atoms with Gasteiger partial charge in [0.1, 0.15) is 0 Å². The third-order valence-electron chi connectivity index (χ3n) is 3.97. The van der Waals surface area contributed by atoms with Gasteiger partial charge < -0.3 is 5.11 Å². The van der Waals surface area contributed by atoms with Crippen molar-refractivity contribution in [2.45, 2.75) is 72.6 Å². The fourth-order valence-corrected chi connectivity index (χ4v) is 2.41. The molecule has 0 aliphatic heterocycles. The van der Waals surface area contributed by atoms with Crippen molar-refractivity contribution in [3.05, 3.63) is 0 Å². The second-order valence-corrected chi connectivity index (χ2v) is 4.93. The number of rotatable bonds is 9. The van der Waals surface area contributed by atoms with E-state index in [1.807, 2.05) is 6.92 Å². The molecule has 0 saturated carbocycles. The van der Waals surface area contributed by atoms with E-state index in [9.17, 15) is 9.90 Å². The van der Waals surface area contributed by atoms with E-state index in [1.54, 1.807) is 0 Å². The lowest BCUT2D eigenvalue weighted by atomic mass is 9.72. The van der Waals surface area contributed by atoms with Crippen LogP contribution in [0, 0.1) is 11.3 Å². The van der Waals surface area contributed by atoms with Gasteiger partial charge in [-0.3, -0.25) is 4.79 Å². The molecule has 0 aliphatic rings. The molecule has 0 aromatic carbocycles. The van der Waals surface area contributed by atoms with Crippen LogP contribution in [0.1, 0.15) is 72.6 Å². The van der Waals surface area contributed by atoms with E-state index < -0.39 is 11.4 Å². The maximum atomic E-state index is 11.5. The molecule has 0 aliphatic carbocycles. The maximum absolute atomic E-state index is 11.5. The van der Waals surface area contributed by atoms with Crippen molar-refractivity contribution in [2.75, 3.05) is 0 Å². The molecule has 1 unspecified atom stereocenters. The van der Waals surface area contributed by atoms with Gasteiger partial charge in [-0.25, -0.2) is 0 Å². The van der Waals surface area contributed by atoms with Crippen LogP contribution in [0.3, 0.4) is 0 Å². The summed E-state index contributed by atoms with van der Waals surface area (Å²) in [6.45, 7) is 8.47. The second kappa shape index (κ2) is 7.70. The lowest BCUT2D eigenvalue weighted by molar-refractivity contribution is -0.151. The van der Waals surface area contributed by atoms with Crippen LogP contribution in [0.4, 0.5) is 0 Å². The number of carboxylic acids is 1. The molecule has 2 heteroatoms. The summed E-state index contributed by atoms with van der Waals surface area (Å²) >= 11 is 0. The highest BCUT2D eigenvalue weighted by Crippen LogP contribution is 2.38. The first kappa shape index (κ1) is 15.5. The molecule has 0 radical (unpaired) electrons. The van der Waals surface area contributed by atoms with Crippen molar-refractivity contribution >= 4 is 5.97 Å². The number of aliphatic carboxylic acids is 1. The standard InChI is InChI=1S/C14H28O2/c1-5-9-10-14(8-4,13(15)16)11-12(6-2)7-3/h12H,5-11H2,1-4H3,(H,15,16). The SMILES string of the molecule is CCCCC(CC)(CC(CC)CC)C(=O)O. The highest BCUT2D eigenvalue weighted by Gasteiger charge is 2.37. The molecule has 96 valence electrons. The minimum atomic E-state index is -0.588. The Morgan fingerprint density at radius 3 is 2.06 bits per heavy atom. The summed E-state index contributed by atoms with van der Waals surface area (Å²) in [5.74, 6) is -0.0248. The largest absolute Gasteiger partial charge is 0.481 e. The van der Waals surface area contributed by atoms with Gasteiger partial charge in [0, 0.05) is 0 Å². The Hall–Kier alpha value is -0.530. The van der Waals surface area contributed by atoms with Gasteiger partial charge in [-0.1, -0.05) is 53.4 Å². The summed E-state index contributed by atoms with van der Waals surface area (Å²) < 4.78 is 0. The monoisotopic (exact) mass is 228 g/mol. The summed E-state index contributed by atoms with van der Waals surface area (Å²) in [7, 11) is 0. The van der Waals surface area contributed by atoms with Gasteiger partial charge in [-0.15, -0.1) is 0 Å². The van der Waals surface area contributed by atoms with Crippen molar-refractivity contribution in [1.29, 1.82) is 0 Å². The third-order valence-corrected chi connectivity index (χ3v) is 3.97. The Bertz CT molecular complexity index is 197. The van der Waals surface area contributed by atoms with E-state index in [-0.39, 0.29) is 0 Å². The van der Waals surface area contributed by atoms with Crippen LogP contribution in [0.5, 0.6) is 0 Å². The molecule has 0 rings (SSSR count). The van der Waals surface area contributed by atoms with Crippen LogP contribution >= 0.6 is 0 Å². The lowest BCUT2D eigenvalue weighted by Gasteiger charge is -2.31. The van der Waals surface area contributed by atoms with E-state index in [1.165, 1.54) is 0 Å². The normalized spacial score (nSPS) is 15.1. The van der Waals surface area contributed by atoms with Gasteiger partial charge in [-0.2, -0.15) is 0 Å².